The number of nitrogens with zero attached hydrogens (tertiary/aromatic N) is 4. The van der Waals surface area contributed by atoms with E-state index in [4.69, 9.17) is 47.5 Å². The van der Waals surface area contributed by atoms with Crippen LogP contribution in [0.4, 0.5) is 0 Å². The Kier molecular flexibility index (Phi) is 8.64. The highest BCUT2D eigenvalue weighted by atomic mass is 35.5. The van der Waals surface area contributed by atoms with E-state index in [0.29, 0.717) is 15.0 Å². The molecule has 0 radical (unpaired) electrons. The van der Waals surface area contributed by atoms with Gasteiger partial charge in [-0.15, -0.1) is 5.10 Å². The Morgan fingerprint density at radius 3 is 2.08 bits per heavy atom. The fourth-order valence-corrected chi connectivity index (χ4v) is 5.33. The first kappa shape index (κ1) is 28.6. The predicted octanol–water partition coefficient (Wildman–Crippen LogP) is 2.90. The van der Waals surface area contributed by atoms with Gasteiger partial charge < -0.3 is 23.7 Å². The van der Waals surface area contributed by atoms with E-state index in [1.807, 2.05) is 0 Å². The minimum absolute atomic E-state index is 0.0716. The van der Waals surface area contributed by atoms with Gasteiger partial charge in [-0.25, -0.2) is 4.68 Å². The lowest BCUT2D eigenvalue weighted by molar-refractivity contribution is -0.270. The topological polar surface area (TPSA) is 150 Å². The zero-order valence-corrected chi connectivity index (χ0v) is 23.4. The smallest absolute Gasteiger partial charge is 0.303 e. The van der Waals surface area contributed by atoms with Gasteiger partial charge in [0.1, 0.15) is 17.7 Å². The Bertz CT molecular complexity index is 1470. The summed E-state index contributed by atoms with van der Waals surface area (Å²) in [6.07, 6.45) is -6.41. The normalized spacial score (nSPS) is 22.7. The number of esters is 4. The summed E-state index contributed by atoms with van der Waals surface area (Å²) in [5, 5.41) is 10.2. The molecule has 1 aliphatic rings. The highest BCUT2D eigenvalue weighted by Gasteiger charge is 2.53. The van der Waals surface area contributed by atoms with Gasteiger partial charge in [-0.05, 0) is 24.4 Å². The average Bonchev–Trinajstić information content (AvgIpc) is 3.39. The molecule has 3 aromatic rings. The van der Waals surface area contributed by atoms with Crippen LogP contribution in [0.1, 0.15) is 33.9 Å². The van der Waals surface area contributed by atoms with Crippen molar-refractivity contribution in [3.63, 3.8) is 0 Å². The van der Waals surface area contributed by atoms with E-state index in [9.17, 15) is 19.2 Å². The monoisotopic (exact) mass is 598 g/mol. The van der Waals surface area contributed by atoms with Crippen LogP contribution in [0.2, 0.25) is 5.02 Å². The van der Waals surface area contributed by atoms with Crippen LogP contribution in [0.15, 0.2) is 24.3 Å². The molecule has 16 heteroatoms. The number of fused-ring (bicyclic) bond motifs is 1. The number of rotatable bonds is 7. The van der Waals surface area contributed by atoms with Gasteiger partial charge in [-0.1, -0.05) is 35.1 Å². The van der Waals surface area contributed by atoms with Gasteiger partial charge in [0.2, 0.25) is 9.73 Å². The van der Waals surface area contributed by atoms with Gasteiger partial charge in [-0.2, -0.15) is 9.61 Å². The van der Waals surface area contributed by atoms with Gasteiger partial charge in [0, 0.05) is 38.3 Å². The summed E-state index contributed by atoms with van der Waals surface area (Å²) in [4.78, 5) is 48.0. The van der Waals surface area contributed by atoms with E-state index < -0.39 is 54.5 Å². The number of carbonyl (C=O) groups is 4. The van der Waals surface area contributed by atoms with Crippen LogP contribution in [-0.2, 0) is 42.9 Å². The first-order valence-corrected chi connectivity index (χ1v) is 13.1. The highest BCUT2D eigenvalue weighted by molar-refractivity contribution is 7.71. The summed E-state index contributed by atoms with van der Waals surface area (Å²) in [5.74, 6) is -2.83. The minimum Gasteiger partial charge on any atom is -0.463 e. The van der Waals surface area contributed by atoms with Crippen molar-refractivity contribution in [1.82, 2.24) is 19.4 Å². The average molecular weight is 599 g/mol. The zero-order valence-electron chi connectivity index (χ0n) is 21.1. The molecule has 1 aliphatic heterocycles. The number of ether oxygens (including phenoxy) is 5. The van der Waals surface area contributed by atoms with Crippen molar-refractivity contribution >= 4 is 64.0 Å². The predicted molar refractivity (Wildman–Crippen MR) is 137 cm³/mol. The molecule has 39 heavy (non-hydrogen) atoms. The van der Waals surface area contributed by atoms with E-state index in [2.05, 4.69) is 10.2 Å². The van der Waals surface area contributed by atoms with Gasteiger partial charge in [0.05, 0.1) is 0 Å². The molecule has 208 valence electrons. The van der Waals surface area contributed by atoms with Crippen LogP contribution in [0.5, 0.6) is 0 Å². The molecule has 0 aliphatic carbocycles. The largest absolute Gasteiger partial charge is 0.463 e. The molecular formula is C23H23ClN4O9S2. The van der Waals surface area contributed by atoms with Crippen molar-refractivity contribution in [3.05, 3.63) is 34.1 Å². The van der Waals surface area contributed by atoms with Gasteiger partial charge in [-0.3, -0.25) is 19.2 Å². The number of carbonyl (C=O) groups excluding carboxylic acids is 4. The summed E-state index contributed by atoms with van der Waals surface area (Å²) in [6, 6.07) is 7.06. The van der Waals surface area contributed by atoms with Crippen LogP contribution in [0.3, 0.4) is 0 Å². The van der Waals surface area contributed by atoms with Crippen LogP contribution < -0.4 is 0 Å². The fraction of sp³-hybridized carbons (Fsp3) is 0.435. The zero-order chi connectivity index (χ0) is 28.4. The number of halogens is 1. The number of hydrogen-bond acceptors (Lipinski definition) is 13. The molecule has 0 saturated carbocycles. The van der Waals surface area contributed by atoms with Crippen LogP contribution in [0, 0.1) is 4.77 Å². The van der Waals surface area contributed by atoms with Crippen molar-refractivity contribution in [2.45, 2.75) is 58.3 Å². The molecule has 1 fully saturated rings. The molecule has 0 bridgehead atoms. The standard InChI is InChI=1S/C23H23ClN4O9S2/c1-10(29)33-9-16-17(34-11(2)30)18(35-12(3)31)19(36-13(4)32)21(37-16)27-23(38)28-22(26-27)39-20(25-28)14-5-7-15(24)8-6-14/h5-8,16-19,21H,9H2,1-4H3/t16-,17-,18+,19-,21-/m1/s1. The highest BCUT2D eigenvalue weighted by Crippen LogP contribution is 2.36. The first-order valence-electron chi connectivity index (χ1n) is 11.5. The van der Waals surface area contributed by atoms with Crippen molar-refractivity contribution in [1.29, 1.82) is 0 Å². The number of hydrogen-bond donors (Lipinski definition) is 0. The third-order valence-electron chi connectivity index (χ3n) is 5.43. The molecule has 0 amide bonds. The van der Waals surface area contributed by atoms with E-state index in [1.54, 1.807) is 24.3 Å². The van der Waals surface area contributed by atoms with Crippen LogP contribution >= 0.6 is 35.2 Å². The Morgan fingerprint density at radius 2 is 1.51 bits per heavy atom. The van der Waals surface area contributed by atoms with Crippen LogP contribution in [-0.4, -0.2) is 74.3 Å². The van der Waals surface area contributed by atoms with Crippen LogP contribution in [0.25, 0.3) is 15.5 Å². The summed E-state index contributed by atoms with van der Waals surface area (Å²) < 4.78 is 30.3. The Labute approximate surface area is 235 Å². The molecule has 0 spiro atoms. The SMILES string of the molecule is CC(=O)OC[C@H]1O[C@@H](n2nc3sc(-c4ccc(Cl)cc4)nn3c2=S)[C@H](OC(C)=O)[C@@H](OC(C)=O)[C@@H]1OC(C)=O. The molecule has 1 saturated heterocycles. The van der Waals surface area contributed by atoms with Gasteiger partial charge >= 0.3 is 23.9 Å². The van der Waals surface area contributed by atoms with E-state index in [-0.39, 0.29) is 11.4 Å². The van der Waals surface area contributed by atoms with Crippen molar-refractivity contribution in [3.8, 4) is 10.6 Å². The maximum atomic E-state index is 12.1. The maximum absolute atomic E-state index is 12.1. The van der Waals surface area contributed by atoms with E-state index in [1.165, 1.54) is 27.5 Å². The second-order valence-corrected chi connectivity index (χ2v) is 10.2. The lowest BCUT2D eigenvalue weighted by Crippen LogP contribution is -2.60. The van der Waals surface area contributed by atoms with Crippen molar-refractivity contribution < 1.29 is 42.9 Å². The second kappa shape index (κ2) is 11.8. The quantitative estimate of drug-likeness (QED) is 0.223. The van der Waals surface area contributed by atoms with E-state index in [0.717, 1.165) is 26.3 Å². The van der Waals surface area contributed by atoms with E-state index >= 15 is 0 Å². The Balaban J connectivity index is 1.79. The summed E-state index contributed by atoms with van der Waals surface area (Å²) in [6.45, 7) is 4.25. The maximum Gasteiger partial charge on any atom is 0.303 e. The lowest BCUT2D eigenvalue weighted by Gasteiger charge is -2.44. The van der Waals surface area contributed by atoms with Crippen molar-refractivity contribution in [2.75, 3.05) is 6.61 Å². The first-order chi connectivity index (χ1) is 18.4. The van der Waals surface area contributed by atoms with Crippen molar-refractivity contribution in [2.24, 2.45) is 0 Å². The summed E-state index contributed by atoms with van der Waals surface area (Å²) in [5.41, 5.74) is 0.795. The molecule has 13 nitrogen and oxygen atoms in total. The summed E-state index contributed by atoms with van der Waals surface area (Å²) >= 11 is 12.8. The summed E-state index contributed by atoms with van der Waals surface area (Å²) in [7, 11) is 0. The molecular weight excluding hydrogens is 576 g/mol. The molecule has 2 aromatic heterocycles. The minimum atomic E-state index is -1.35. The molecule has 5 atom stereocenters. The Hall–Kier alpha value is -3.40. The molecule has 4 rings (SSSR count). The fourth-order valence-electron chi connectivity index (χ4n) is 3.98. The lowest BCUT2D eigenvalue weighted by atomic mass is 9.97. The van der Waals surface area contributed by atoms with Gasteiger partial charge in [0.25, 0.3) is 0 Å². The molecule has 3 heterocycles. The second-order valence-electron chi connectivity index (χ2n) is 8.43. The third-order valence-corrected chi connectivity index (χ3v) is 6.99. The Morgan fingerprint density at radius 1 is 0.923 bits per heavy atom. The third kappa shape index (κ3) is 6.43. The number of aromatic nitrogens is 4. The molecule has 1 aromatic carbocycles. The molecule has 0 unspecified atom stereocenters. The molecule has 0 N–H and O–H groups in total. The van der Waals surface area contributed by atoms with Gasteiger partial charge in [0.15, 0.2) is 24.5 Å². The number of benzene rings is 1.